The molecule has 0 heterocycles. The molecule has 0 aliphatic carbocycles. The van der Waals surface area contributed by atoms with Crippen molar-refractivity contribution < 1.29 is 35.5 Å². The van der Waals surface area contributed by atoms with Gasteiger partial charge in [-0.1, -0.05) is 28.1 Å². The Balaban J connectivity index is 2.98. The minimum absolute atomic E-state index is 0.00164. The number of ether oxygens (including phenoxy) is 1. The van der Waals surface area contributed by atoms with Crippen LogP contribution in [0.4, 0.5) is 30.7 Å². The molecule has 9 heteroatoms. The summed E-state index contributed by atoms with van der Waals surface area (Å²) in [5.41, 5.74) is 0.00164. The van der Waals surface area contributed by atoms with E-state index in [1.165, 1.54) is 0 Å². The van der Waals surface area contributed by atoms with Crippen LogP contribution in [0.5, 0.6) is 0 Å². The molecule has 0 aliphatic rings. The highest BCUT2D eigenvalue weighted by molar-refractivity contribution is 9.09. The molecule has 1 aromatic rings. The minimum atomic E-state index is -5.58. The minimum Gasteiger partial charge on any atom is -0.352 e. The fourth-order valence-electron chi connectivity index (χ4n) is 1.39. The first-order valence-electron chi connectivity index (χ1n) is 5.16. The van der Waals surface area contributed by atoms with Crippen LogP contribution in [0.2, 0.25) is 0 Å². The summed E-state index contributed by atoms with van der Waals surface area (Å²) in [7, 11) is 0. The van der Waals surface area contributed by atoms with Gasteiger partial charge in [0.1, 0.15) is 5.82 Å². The number of rotatable bonds is 4. The number of hydrogen-bond donors (Lipinski definition) is 0. The van der Waals surface area contributed by atoms with Crippen molar-refractivity contribution in [2.75, 3.05) is 5.33 Å². The van der Waals surface area contributed by atoms with Gasteiger partial charge >= 0.3 is 12.4 Å². The molecule has 0 fully saturated rings. The van der Waals surface area contributed by atoms with Crippen molar-refractivity contribution >= 4 is 15.9 Å². The molecular weight excluding hydrogens is 361 g/mol. The Morgan fingerprint density at radius 1 is 0.950 bits per heavy atom. The van der Waals surface area contributed by atoms with Crippen LogP contribution in [0.1, 0.15) is 11.7 Å². The van der Waals surface area contributed by atoms with Crippen LogP contribution in [-0.4, -0.2) is 23.8 Å². The van der Waals surface area contributed by atoms with Gasteiger partial charge in [-0.15, -0.1) is 0 Å². The molecule has 0 aliphatic heterocycles. The van der Waals surface area contributed by atoms with Gasteiger partial charge in [0.2, 0.25) is 6.10 Å². The van der Waals surface area contributed by atoms with Crippen molar-refractivity contribution in [1.29, 1.82) is 0 Å². The summed E-state index contributed by atoms with van der Waals surface area (Å²) in [6.07, 6.45) is -16.6. The summed E-state index contributed by atoms with van der Waals surface area (Å²) < 4.78 is 91.1. The van der Waals surface area contributed by atoms with E-state index >= 15 is 0 Å². The lowest BCUT2D eigenvalue weighted by molar-refractivity contribution is -0.330. The maximum atomic E-state index is 12.7. The van der Waals surface area contributed by atoms with Crippen LogP contribution >= 0.6 is 15.9 Å². The molecule has 0 saturated carbocycles. The van der Waals surface area contributed by atoms with Gasteiger partial charge in [0.15, 0.2) is 0 Å². The van der Waals surface area contributed by atoms with Gasteiger partial charge in [0.05, 0.1) is 6.10 Å². The Bertz CT molecular complexity index is 412. The van der Waals surface area contributed by atoms with Gasteiger partial charge in [-0.3, -0.25) is 0 Å². The van der Waals surface area contributed by atoms with Crippen molar-refractivity contribution in [2.45, 2.75) is 24.6 Å². The van der Waals surface area contributed by atoms with Gasteiger partial charge in [0, 0.05) is 5.33 Å². The average molecular weight is 369 g/mol. The maximum absolute atomic E-state index is 12.7. The van der Waals surface area contributed by atoms with E-state index in [9.17, 15) is 30.7 Å². The van der Waals surface area contributed by atoms with E-state index < -0.39 is 30.4 Å². The second kappa shape index (κ2) is 6.30. The summed E-state index contributed by atoms with van der Waals surface area (Å²) in [6, 6.07) is 3.96. The molecule has 114 valence electrons. The molecule has 1 aromatic carbocycles. The zero-order valence-corrected chi connectivity index (χ0v) is 11.2. The third-order valence-electron chi connectivity index (χ3n) is 2.28. The average Bonchev–Trinajstić information content (AvgIpc) is 2.28. The van der Waals surface area contributed by atoms with Crippen LogP contribution < -0.4 is 0 Å². The summed E-state index contributed by atoms with van der Waals surface area (Å²) in [4.78, 5) is 0. The van der Waals surface area contributed by atoms with Crippen LogP contribution in [0, 0.1) is 5.82 Å². The van der Waals surface area contributed by atoms with E-state index in [1.807, 2.05) is 0 Å². The third kappa shape index (κ3) is 4.62. The van der Waals surface area contributed by atoms with E-state index in [-0.39, 0.29) is 10.9 Å². The second-order valence-electron chi connectivity index (χ2n) is 3.79. The fourth-order valence-corrected chi connectivity index (χ4v) is 1.91. The van der Waals surface area contributed by atoms with Gasteiger partial charge in [0.25, 0.3) is 0 Å². The summed E-state index contributed by atoms with van der Waals surface area (Å²) in [5, 5.41) is -0.304. The third-order valence-corrected chi connectivity index (χ3v) is 2.86. The van der Waals surface area contributed by atoms with Crippen molar-refractivity contribution in [1.82, 2.24) is 0 Å². The highest BCUT2D eigenvalue weighted by Gasteiger charge is 2.58. The molecule has 0 spiro atoms. The monoisotopic (exact) mass is 368 g/mol. The van der Waals surface area contributed by atoms with Gasteiger partial charge < -0.3 is 4.74 Å². The Labute approximate surface area is 117 Å². The summed E-state index contributed by atoms with van der Waals surface area (Å²) >= 11 is 2.78. The molecule has 1 atom stereocenters. The van der Waals surface area contributed by atoms with Crippen molar-refractivity contribution in [3.8, 4) is 0 Å². The molecule has 0 amide bonds. The van der Waals surface area contributed by atoms with Gasteiger partial charge in [-0.25, -0.2) is 4.39 Å². The molecule has 0 bridgehead atoms. The van der Waals surface area contributed by atoms with E-state index in [0.717, 1.165) is 24.3 Å². The fraction of sp³-hybridized carbons (Fsp3) is 0.455. The standard InChI is InChI=1S/C11H8BrF7O/c12-5-8(6-1-3-7(13)4-2-6)20-9(10(14,15)16)11(17,18)19/h1-4,8-9H,5H2. The largest absolute Gasteiger partial charge is 0.423 e. The highest BCUT2D eigenvalue weighted by Crippen LogP contribution is 2.39. The Kier molecular flexibility index (Phi) is 5.42. The first-order valence-corrected chi connectivity index (χ1v) is 6.28. The smallest absolute Gasteiger partial charge is 0.352 e. The first kappa shape index (κ1) is 17.2. The van der Waals surface area contributed by atoms with Crippen LogP contribution in [-0.2, 0) is 4.74 Å². The van der Waals surface area contributed by atoms with Crippen molar-refractivity contribution in [3.05, 3.63) is 35.6 Å². The topological polar surface area (TPSA) is 9.23 Å². The molecule has 1 rings (SSSR count). The second-order valence-corrected chi connectivity index (χ2v) is 4.44. The molecule has 20 heavy (non-hydrogen) atoms. The lowest BCUT2D eigenvalue weighted by Crippen LogP contribution is -2.45. The number of hydrogen-bond acceptors (Lipinski definition) is 1. The van der Waals surface area contributed by atoms with Crippen LogP contribution in [0.3, 0.4) is 0 Å². The van der Waals surface area contributed by atoms with E-state index in [1.54, 1.807) is 0 Å². The lowest BCUT2D eigenvalue weighted by Gasteiger charge is -2.27. The molecule has 0 radical (unpaired) electrons. The molecule has 0 aromatic heterocycles. The first-order chi connectivity index (χ1) is 9.05. The van der Waals surface area contributed by atoms with E-state index in [4.69, 9.17) is 0 Å². The molecule has 0 saturated heterocycles. The lowest BCUT2D eigenvalue weighted by atomic mass is 10.1. The zero-order chi connectivity index (χ0) is 15.6. The predicted molar refractivity (Wildman–Crippen MR) is 59.9 cm³/mol. The molecule has 1 nitrogen and oxygen atoms in total. The number of halogens is 8. The van der Waals surface area contributed by atoms with Gasteiger partial charge in [-0.2, -0.15) is 26.3 Å². The normalized spacial score (nSPS) is 14.7. The Morgan fingerprint density at radius 3 is 1.75 bits per heavy atom. The van der Waals surface area contributed by atoms with Crippen LogP contribution in [0.25, 0.3) is 0 Å². The molecule has 1 unspecified atom stereocenters. The van der Waals surface area contributed by atoms with E-state index in [2.05, 4.69) is 20.7 Å². The zero-order valence-electron chi connectivity index (χ0n) is 9.60. The van der Waals surface area contributed by atoms with Crippen molar-refractivity contribution in [2.24, 2.45) is 0 Å². The summed E-state index contributed by atoms with van der Waals surface area (Å²) in [5.74, 6) is -0.662. The quantitative estimate of drug-likeness (QED) is 0.549. The van der Waals surface area contributed by atoms with Gasteiger partial charge in [-0.05, 0) is 17.7 Å². The SMILES string of the molecule is Fc1ccc(C(CBr)OC(C(F)(F)F)C(F)(F)F)cc1. The summed E-state index contributed by atoms with van der Waals surface area (Å²) in [6.45, 7) is 0. The van der Waals surface area contributed by atoms with Crippen molar-refractivity contribution in [3.63, 3.8) is 0 Å². The Morgan fingerprint density at radius 2 is 1.40 bits per heavy atom. The Hall–Kier alpha value is -0.830. The van der Waals surface area contributed by atoms with Crippen LogP contribution in [0.15, 0.2) is 24.3 Å². The maximum Gasteiger partial charge on any atom is 0.423 e. The predicted octanol–water partition coefficient (Wildman–Crippen LogP) is 4.77. The molecule has 0 N–H and O–H groups in total. The number of alkyl halides is 7. The number of benzene rings is 1. The highest BCUT2D eigenvalue weighted by atomic mass is 79.9. The molecular formula is C11H8BrF7O. The van der Waals surface area contributed by atoms with E-state index in [0.29, 0.717) is 0 Å².